The minimum absolute atomic E-state index is 0.242. The molecule has 3 aromatic heterocycles. The number of hydrogen-bond donors (Lipinski definition) is 3. The number of anilines is 3. The van der Waals surface area contributed by atoms with Gasteiger partial charge in [0.25, 0.3) is 0 Å². The quantitative estimate of drug-likeness (QED) is 0.540. The second-order valence-electron chi connectivity index (χ2n) is 9.04. The lowest BCUT2D eigenvalue weighted by Gasteiger charge is -2.19. The predicted molar refractivity (Wildman–Crippen MR) is 123 cm³/mol. The van der Waals surface area contributed by atoms with Crippen LogP contribution in [0.15, 0.2) is 30.6 Å². The van der Waals surface area contributed by atoms with Gasteiger partial charge in [-0.1, -0.05) is 0 Å². The van der Waals surface area contributed by atoms with E-state index in [9.17, 15) is 14.0 Å². The van der Waals surface area contributed by atoms with Crippen LogP contribution in [0.1, 0.15) is 32.8 Å². The van der Waals surface area contributed by atoms with Gasteiger partial charge in [-0.2, -0.15) is 0 Å². The van der Waals surface area contributed by atoms with Crippen molar-refractivity contribution in [1.82, 2.24) is 15.0 Å². The van der Waals surface area contributed by atoms with Crippen LogP contribution in [0.2, 0.25) is 0 Å². The van der Waals surface area contributed by atoms with E-state index in [0.717, 1.165) is 11.1 Å². The van der Waals surface area contributed by atoms with Crippen LogP contribution < -0.4 is 16.4 Å². The number of fused-ring (bicyclic) bond motifs is 1. The van der Waals surface area contributed by atoms with Gasteiger partial charge in [0.15, 0.2) is 0 Å². The second-order valence-corrected chi connectivity index (χ2v) is 9.04. The number of alkyl halides is 1. The van der Waals surface area contributed by atoms with Gasteiger partial charge in [0.2, 0.25) is 5.91 Å². The van der Waals surface area contributed by atoms with Crippen molar-refractivity contribution in [3.63, 3.8) is 0 Å². The number of carbonyl (C=O) groups excluding carboxylic acids is 2. The summed E-state index contributed by atoms with van der Waals surface area (Å²) < 4.78 is 18.4. The number of nitrogens with one attached hydrogen (secondary N) is 2. The summed E-state index contributed by atoms with van der Waals surface area (Å²) >= 11 is 0. The van der Waals surface area contributed by atoms with E-state index in [1.807, 2.05) is 13.0 Å². The summed E-state index contributed by atoms with van der Waals surface area (Å²) in [6.07, 6.45) is 1.68. The molecule has 172 valence electrons. The number of nitrogens with two attached hydrogens (primary N) is 1. The Morgan fingerprint density at radius 3 is 2.42 bits per heavy atom. The number of aryl methyl sites for hydroxylation is 1. The fraction of sp³-hybridized carbons (Fsp3) is 0.348. The van der Waals surface area contributed by atoms with E-state index in [4.69, 9.17) is 10.5 Å². The number of halogens is 1. The number of carbonyl (C=O) groups is 2. The topological polar surface area (TPSA) is 132 Å². The van der Waals surface area contributed by atoms with E-state index in [1.54, 1.807) is 39.1 Å². The lowest BCUT2D eigenvalue weighted by molar-refractivity contribution is -0.117. The zero-order chi connectivity index (χ0) is 23.9. The standard InChI is InChI=1S/C23H25FN6O3/c1-11-5-18(30-22(32)33-23(2,3)4)26-9-14(11)17-6-12-7-19(27-10-15(12)20(25)28-17)29-21(31)13-8-16(13)24/h5-7,9-10,13,16H,8H2,1-4H3,(H2,25,28)(H,26,30,32)(H,27,29,31)/t13-,16+/m1/s1. The van der Waals surface area contributed by atoms with E-state index in [-0.39, 0.29) is 18.1 Å². The van der Waals surface area contributed by atoms with Crippen LogP contribution in [0.3, 0.4) is 0 Å². The highest BCUT2D eigenvalue weighted by Crippen LogP contribution is 2.35. The molecule has 1 aliphatic carbocycles. The predicted octanol–water partition coefficient (Wildman–Crippen LogP) is 4.23. The largest absolute Gasteiger partial charge is 0.444 e. The highest BCUT2D eigenvalue weighted by molar-refractivity contribution is 5.98. The number of hydrogen-bond acceptors (Lipinski definition) is 7. The maximum absolute atomic E-state index is 13.1. The Balaban J connectivity index is 1.59. The molecule has 1 fully saturated rings. The monoisotopic (exact) mass is 452 g/mol. The van der Waals surface area contributed by atoms with Gasteiger partial charge in [0.05, 0.1) is 11.6 Å². The summed E-state index contributed by atoms with van der Waals surface area (Å²) in [5, 5.41) is 6.59. The van der Waals surface area contributed by atoms with E-state index >= 15 is 0 Å². The fourth-order valence-corrected chi connectivity index (χ4v) is 3.34. The molecular formula is C23H25FN6O3. The molecule has 1 aliphatic rings. The molecule has 0 bridgehead atoms. The zero-order valence-electron chi connectivity index (χ0n) is 18.8. The van der Waals surface area contributed by atoms with Crippen molar-refractivity contribution >= 4 is 40.2 Å². The molecule has 33 heavy (non-hydrogen) atoms. The Kier molecular flexibility index (Phi) is 5.61. The Morgan fingerprint density at radius 2 is 1.79 bits per heavy atom. The van der Waals surface area contributed by atoms with Crippen molar-refractivity contribution in [2.75, 3.05) is 16.4 Å². The molecule has 1 saturated carbocycles. The lowest BCUT2D eigenvalue weighted by Crippen LogP contribution is -2.27. The van der Waals surface area contributed by atoms with Gasteiger partial charge in [0.1, 0.15) is 29.2 Å². The normalized spacial score (nSPS) is 17.5. The highest BCUT2D eigenvalue weighted by Gasteiger charge is 2.43. The number of ether oxygens (including phenoxy) is 1. The van der Waals surface area contributed by atoms with Gasteiger partial charge in [-0.3, -0.25) is 10.1 Å². The van der Waals surface area contributed by atoms with Crippen LogP contribution in [0, 0.1) is 12.8 Å². The van der Waals surface area contributed by atoms with Crippen LogP contribution in [0.4, 0.5) is 26.6 Å². The van der Waals surface area contributed by atoms with Gasteiger partial charge in [0, 0.05) is 23.3 Å². The molecule has 0 aromatic carbocycles. The maximum atomic E-state index is 13.1. The van der Waals surface area contributed by atoms with Crippen molar-refractivity contribution in [2.24, 2.45) is 5.92 Å². The average Bonchev–Trinajstić information content (AvgIpc) is 3.43. The molecule has 0 unspecified atom stereocenters. The smallest absolute Gasteiger partial charge is 0.413 e. The van der Waals surface area contributed by atoms with E-state index in [2.05, 4.69) is 25.6 Å². The number of nitrogen functional groups attached to an aromatic ring is 1. The first kappa shape index (κ1) is 22.4. The molecule has 9 nitrogen and oxygen atoms in total. The minimum atomic E-state index is -1.08. The van der Waals surface area contributed by atoms with Crippen molar-refractivity contribution in [3.8, 4) is 11.3 Å². The molecule has 2 amide bonds. The first-order valence-corrected chi connectivity index (χ1v) is 10.5. The summed E-state index contributed by atoms with van der Waals surface area (Å²) in [6, 6.07) is 5.19. The van der Waals surface area contributed by atoms with Gasteiger partial charge in [-0.15, -0.1) is 0 Å². The highest BCUT2D eigenvalue weighted by atomic mass is 19.1. The molecule has 2 atom stereocenters. The SMILES string of the molecule is Cc1cc(NC(=O)OC(C)(C)C)ncc1-c1cc2cc(NC(=O)[C@@H]3C[C@@H]3F)ncc2c(N)n1. The van der Waals surface area contributed by atoms with E-state index in [1.165, 1.54) is 6.20 Å². The molecular weight excluding hydrogens is 427 g/mol. The minimum Gasteiger partial charge on any atom is -0.444 e. The number of rotatable bonds is 4. The molecule has 4 N–H and O–H groups in total. The first-order chi connectivity index (χ1) is 15.5. The van der Waals surface area contributed by atoms with Crippen molar-refractivity contribution in [2.45, 2.75) is 45.9 Å². The molecule has 0 spiro atoms. The fourth-order valence-electron chi connectivity index (χ4n) is 3.34. The van der Waals surface area contributed by atoms with Crippen molar-refractivity contribution < 1.29 is 18.7 Å². The Hall–Kier alpha value is -3.82. The molecule has 0 saturated heterocycles. The van der Waals surface area contributed by atoms with E-state index in [0.29, 0.717) is 28.1 Å². The van der Waals surface area contributed by atoms with Gasteiger partial charge in [-0.25, -0.2) is 24.1 Å². The number of amides is 2. The third-order valence-corrected chi connectivity index (χ3v) is 5.06. The molecule has 0 radical (unpaired) electrons. The van der Waals surface area contributed by atoms with Gasteiger partial charge >= 0.3 is 6.09 Å². The van der Waals surface area contributed by atoms with Gasteiger partial charge in [-0.05, 0) is 63.3 Å². The Bertz CT molecular complexity index is 1260. The van der Waals surface area contributed by atoms with Crippen molar-refractivity contribution in [3.05, 3.63) is 36.2 Å². The summed E-state index contributed by atoms with van der Waals surface area (Å²) in [4.78, 5) is 37.0. The van der Waals surface area contributed by atoms with Crippen molar-refractivity contribution in [1.29, 1.82) is 0 Å². The first-order valence-electron chi connectivity index (χ1n) is 10.5. The number of pyridine rings is 3. The zero-order valence-corrected chi connectivity index (χ0v) is 18.8. The molecule has 10 heteroatoms. The summed E-state index contributed by atoms with van der Waals surface area (Å²) in [5.74, 6) is -0.0596. The lowest BCUT2D eigenvalue weighted by atomic mass is 10.1. The van der Waals surface area contributed by atoms with Gasteiger partial charge < -0.3 is 15.8 Å². The number of nitrogens with zero attached hydrogens (tertiary/aromatic N) is 3. The number of aromatic nitrogens is 3. The molecule has 3 heterocycles. The van der Waals surface area contributed by atoms with Crippen LogP contribution in [0.25, 0.3) is 22.0 Å². The summed E-state index contributed by atoms with van der Waals surface area (Å²) in [6.45, 7) is 7.20. The third kappa shape index (κ3) is 5.16. The molecule has 4 rings (SSSR count). The van der Waals surface area contributed by atoms with Crippen LogP contribution >= 0.6 is 0 Å². The molecule has 0 aliphatic heterocycles. The summed E-state index contributed by atoms with van der Waals surface area (Å²) in [5.41, 5.74) is 7.63. The van der Waals surface area contributed by atoms with Crippen LogP contribution in [-0.2, 0) is 9.53 Å². The molecule has 3 aromatic rings. The Labute approximate surface area is 190 Å². The van der Waals surface area contributed by atoms with Crippen LogP contribution in [-0.4, -0.2) is 38.7 Å². The van der Waals surface area contributed by atoms with Crippen LogP contribution in [0.5, 0.6) is 0 Å². The Morgan fingerprint density at radius 1 is 1.12 bits per heavy atom. The second kappa shape index (κ2) is 8.27. The third-order valence-electron chi connectivity index (χ3n) is 5.06. The summed E-state index contributed by atoms with van der Waals surface area (Å²) in [7, 11) is 0. The average molecular weight is 452 g/mol. The van der Waals surface area contributed by atoms with E-state index < -0.39 is 23.8 Å². The maximum Gasteiger partial charge on any atom is 0.413 e.